The van der Waals surface area contributed by atoms with E-state index in [-0.39, 0.29) is 82.7 Å². The molecule has 0 aromatic rings. The van der Waals surface area contributed by atoms with Crippen molar-refractivity contribution in [2.75, 3.05) is 0 Å². The van der Waals surface area contributed by atoms with E-state index < -0.39 is 22.0 Å². The van der Waals surface area contributed by atoms with Crippen molar-refractivity contribution < 1.29 is 116 Å². The zero-order valence-electron chi connectivity index (χ0n) is 8.17. The molecule has 9 N–H and O–H groups in total. The normalized spacial score (nSPS) is 5.79. The van der Waals surface area contributed by atoms with Gasteiger partial charge < -0.3 is 46.6 Å². The van der Waals surface area contributed by atoms with Gasteiger partial charge in [0.2, 0.25) is 0 Å². The molecule has 0 bridgehead atoms. The van der Waals surface area contributed by atoms with Crippen LogP contribution >= 0.6 is 12.4 Å². The van der Waals surface area contributed by atoms with Crippen LogP contribution in [0.1, 0.15) is 1.43 Å². The van der Waals surface area contributed by atoms with Crippen molar-refractivity contribution in [2.24, 2.45) is 0 Å². The molecule has 0 amide bonds. The summed E-state index contributed by atoms with van der Waals surface area (Å²) in [4.78, 5) is 0. The second-order valence-electron chi connectivity index (χ2n) is 1.04. The molecule has 0 heterocycles. The van der Waals surface area contributed by atoms with Gasteiger partial charge in [0.1, 0.15) is 0 Å². The third kappa shape index (κ3) is 519. The van der Waals surface area contributed by atoms with Gasteiger partial charge in [0, 0.05) is 0 Å². The Morgan fingerprint density at radius 1 is 0.500 bits per heavy atom. The van der Waals surface area contributed by atoms with Gasteiger partial charge >= 0.3 is 90.9 Å². The molecule has 0 aliphatic rings. The fraction of sp³-hybridized carbons (Fsp3) is 0. The molecular formula is H11B3ClCsO9. The van der Waals surface area contributed by atoms with Crippen molar-refractivity contribution in [1.82, 2.24) is 0 Å². The second kappa shape index (κ2) is 24.4. The molecule has 14 heteroatoms. The first-order chi connectivity index (χ1) is 5.20. The summed E-state index contributed by atoms with van der Waals surface area (Å²) in [6, 6.07) is 0. The van der Waals surface area contributed by atoms with Gasteiger partial charge in [0.25, 0.3) is 0 Å². The fourth-order valence-electron chi connectivity index (χ4n) is 0. The minimum atomic E-state index is -2.17. The Labute approximate surface area is 147 Å². The van der Waals surface area contributed by atoms with Gasteiger partial charge in [-0.05, 0) is 0 Å². The Morgan fingerprint density at radius 2 is 0.500 bits per heavy atom. The fourth-order valence-corrected chi connectivity index (χ4v) is 0. The molecule has 0 aromatic heterocycles. The van der Waals surface area contributed by atoms with Crippen LogP contribution in [0.15, 0.2) is 0 Å². The van der Waals surface area contributed by atoms with Crippen molar-refractivity contribution in [1.29, 1.82) is 0 Å². The van der Waals surface area contributed by atoms with E-state index in [1.54, 1.807) is 0 Å². The monoisotopic (exact) mass is 356 g/mol. The van der Waals surface area contributed by atoms with E-state index in [1.807, 2.05) is 0 Å². The molecule has 0 fully saturated rings. The van der Waals surface area contributed by atoms with Gasteiger partial charge in [-0.25, -0.2) is 0 Å². The van der Waals surface area contributed by atoms with Crippen molar-refractivity contribution in [3.63, 3.8) is 0 Å². The summed E-state index contributed by atoms with van der Waals surface area (Å²) in [5.41, 5.74) is 0. The second-order valence-corrected chi connectivity index (χ2v) is 1.04. The Morgan fingerprint density at radius 3 is 0.500 bits per heavy atom. The maximum Gasteiger partial charge on any atom is 1.00 e. The summed E-state index contributed by atoms with van der Waals surface area (Å²) in [6.45, 7) is 0. The van der Waals surface area contributed by atoms with Crippen LogP contribution in [0.3, 0.4) is 0 Å². The first-order valence-electron chi connectivity index (χ1n) is 2.32. The smallest absolute Gasteiger partial charge is 1.00 e. The molecule has 82 valence electrons. The van der Waals surface area contributed by atoms with Crippen LogP contribution in [-0.2, 0) is 0 Å². The Hall–Kier alpha value is 2.18. The molecule has 14 heavy (non-hydrogen) atoms. The van der Waals surface area contributed by atoms with E-state index in [0.717, 1.165) is 0 Å². The maximum atomic E-state index is 7.17. The summed E-state index contributed by atoms with van der Waals surface area (Å²) in [5.74, 6) is 0. The average Bonchev–Trinajstić information content (AvgIpc) is 1.54. The van der Waals surface area contributed by atoms with Gasteiger partial charge in [-0.15, -0.1) is 12.4 Å². The van der Waals surface area contributed by atoms with Crippen molar-refractivity contribution >= 4 is 34.4 Å². The molecule has 9 nitrogen and oxygen atoms in total. The molecule has 0 aliphatic heterocycles. The molecule has 0 radical (unpaired) electrons. The first-order valence-corrected chi connectivity index (χ1v) is 2.32. The zero-order valence-corrected chi connectivity index (χ0v) is 14.3. The van der Waals surface area contributed by atoms with E-state index >= 15 is 0 Å². The Balaban J connectivity index is -0.0000000184. The minimum Gasteiger partial charge on any atom is -1.00 e. The van der Waals surface area contributed by atoms with Crippen LogP contribution in [-0.4, -0.2) is 67.2 Å². The molecule has 0 atom stereocenters. The van der Waals surface area contributed by atoms with Gasteiger partial charge in [-0.1, -0.05) is 0 Å². The minimum absolute atomic E-state index is 0. The van der Waals surface area contributed by atoms with Crippen LogP contribution in [0.5, 0.6) is 0 Å². The van der Waals surface area contributed by atoms with E-state index in [1.165, 1.54) is 0 Å². The number of rotatable bonds is 0. The van der Waals surface area contributed by atoms with E-state index in [0.29, 0.717) is 0 Å². The summed E-state index contributed by atoms with van der Waals surface area (Å²) in [5, 5.41) is 64.5. The summed E-state index contributed by atoms with van der Waals surface area (Å²) < 4.78 is 0. The predicted molar refractivity (Wildman–Crippen MR) is 45.6 cm³/mol. The zero-order chi connectivity index (χ0) is 10.7. The summed E-state index contributed by atoms with van der Waals surface area (Å²) >= 11 is 0. The third-order valence-corrected chi connectivity index (χ3v) is 0. The summed E-state index contributed by atoms with van der Waals surface area (Å²) in [6.07, 6.45) is 0. The molecule has 0 saturated heterocycles. The number of hydrogen-bond acceptors (Lipinski definition) is 9. The average molecular weight is 356 g/mol. The Bertz CT molecular complexity index is 53.8. The summed E-state index contributed by atoms with van der Waals surface area (Å²) in [7, 11) is -6.50. The first kappa shape index (κ1) is 29.8. The third-order valence-electron chi connectivity index (χ3n) is 0. The molecule has 0 aliphatic carbocycles. The maximum absolute atomic E-state index is 7.17. The van der Waals surface area contributed by atoms with Crippen molar-refractivity contribution in [3.05, 3.63) is 0 Å². The molecule has 0 unspecified atom stereocenters. The largest absolute Gasteiger partial charge is 1.00 e. The molecule has 0 spiro atoms. The molecule has 0 aromatic carbocycles. The van der Waals surface area contributed by atoms with Gasteiger partial charge in [0.05, 0.1) is 0 Å². The van der Waals surface area contributed by atoms with Crippen LogP contribution in [0.4, 0.5) is 0 Å². The number of hydrogen-bond donors (Lipinski definition) is 9. The molecular weight excluding hydrogens is 345 g/mol. The van der Waals surface area contributed by atoms with Gasteiger partial charge in [0.15, 0.2) is 0 Å². The van der Waals surface area contributed by atoms with Crippen LogP contribution < -0.4 is 68.9 Å². The van der Waals surface area contributed by atoms with Crippen LogP contribution in [0.25, 0.3) is 0 Å². The molecule has 0 saturated carbocycles. The topological polar surface area (TPSA) is 182 Å². The molecule has 0 rings (SSSR count). The standard InChI is InChI=1S/3BH3O3.ClH.Cs.H/c3*2-1(3)4;;;/h3*2-4H;1H;;/q;;;;+1;-1. The SMILES string of the molecule is Cl.OB(O)O.OB(O)O.OB(O)O.[Cs+].[H-]. The Kier molecular flexibility index (Phi) is 52.0. The van der Waals surface area contributed by atoms with E-state index in [4.69, 9.17) is 45.2 Å². The van der Waals surface area contributed by atoms with Crippen molar-refractivity contribution in [2.45, 2.75) is 0 Å². The van der Waals surface area contributed by atoms with E-state index in [2.05, 4.69) is 0 Å². The van der Waals surface area contributed by atoms with E-state index in [9.17, 15) is 0 Å². The van der Waals surface area contributed by atoms with Crippen LogP contribution in [0, 0.1) is 0 Å². The quantitative estimate of drug-likeness (QED) is 0.190. The van der Waals surface area contributed by atoms with Gasteiger partial charge in [-0.3, -0.25) is 0 Å². The predicted octanol–water partition coefficient (Wildman–Crippen LogP) is -8.62. The van der Waals surface area contributed by atoms with Crippen LogP contribution in [0.2, 0.25) is 0 Å². The van der Waals surface area contributed by atoms with Gasteiger partial charge in [-0.2, -0.15) is 0 Å². The van der Waals surface area contributed by atoms with Crippen molar-refractivity contribution in [3.8, 4) is 0 Å². The number of halogens is 1.